The topological polar surface area (TPSA) is 24.9 Å². The summed E-state index contributed by atoms with van der Waals surface area (Å²) in [6.07, 6.45) is 11.5. The van der Waals surface area contributed by atoms with E-state index in [1.165, 1.54) is 56.2 Å². The van der Waals surface area contributed by atoms with Gasteiger partial charge in [0.15, 0.2) is 0 Å². The molecule has 19 heavy (non-hydrogen) atoms. The van der Waals surface area contributed by atoms with Crippen LogP contribution in [0.1, 0.15) is 69.2 Å². The molecule has 0 amide bonds. The Hall–Kier alpha value is -0.890. The number of nitrogens with one attached hydrogen (secondary N) is 1. The third-order valence-electron chi connectivity index (χ3n) is 4.36. The van der Waals surface area contributed by atoms with E-state index in [9.17, 15) is 0 Å². The van der Waals surface area contributed by atoms with Gasteiger partial charge in [0.1, 0.15) is 0 Å². The van der Waals surface area contributed by atoms with Crippen LogP contribution >= 0.6 is 0 Å². The van der Waals surface area contributed by atoms with Crippen molar-refractivity contribution in [2.45, 2.75) is 64.8 Å². The van der Waals surface area contributed by atoms with Crippen LogP contribution in [0.2, 0.25) is 0 Å². The largest absolute Gasteiger partial charge is 0.310 e. The molecule has 1 aliphatic carbocycles. The van der Waals surface area contributed by atoms with Crippen LogP contribution in [0.25, 0.3) is 0 Å². The number of hydrogen-bond acceptors (Lipinski definition) is 2. The molecule has 0 saturated heterocycles. The fraction of sp³-hybridized carbons (Fsp3) is 0.706. The molecule has 2 heteroatoms. The van der Waals surface area contributed by atoms with E-state index in [1.54, 1.807) is 0 Å². The zero-order valence-electron chi connectivity index (χ0n) is 12.5. The summed E-state index contributed by atoms with van der Waals surface area (Å²) >= 11 is 0. The van der Waals surface area contributed by atoms with E-state index in [0.29, 0.717) is 6.04 Å². The van der Waals surface area contributed by atoms with Gasteiger partial charge in [-0.25, -0.2) is 0 Å². The maximum absolute atomic E-state index is 4.46. The second kappa shape index (κ2) is 7.64. The van der Waals surface area contributed by atoms with E-state index < -0.39 is 0 Å². The Balaban J connectivity index is 2.04. The van der Waals surface area contributed by atoms with Gasteiger partial charge in [-0.15, -0.1) is 0 Å². The molecule has 1 atom stereocenters. The Morgan fingerprint density at radius 1 is 1.32 bits per heavy atom. The van der Waals surface area contributed by atoms with Crippen molar-refractivity contribution in [1.82, 2.24) is 10.3 Å². The lowest BCUT2D eigenvalue weighted by molar-refractivity contribution is 0.299. The van der Waals surface area contributed by atoms with Crippen molar-refractivity contribution in [2.75, 3.05) is 6.54 Å². The van der Waals surface area contributed by atoms with Gasteiger partial charge in [0.05, 0.1) is 0 Å². The first-order chi connectivity index (χ1) is 9.31. The van der Waals surface area contributed by atoms with Crippen LogP contribution < -0.4 is 5.32 Å². The lowest BCUT2D eigenvalue weighted by Crippen LogP contribution is -2.26. The summed E-state index contributed by atoms with van der Waals surface area (Å²) in [5.41, 5.74) is 2.59. The Morgan fingerprint density at radius 2 is 2.11 bits per heavy atom. The Bertz CT molecular complexity index is 369. The average molecular weight is 260 g/mol. The van der Waals surface area contributed by atoms with E-state index >= 15 is 0 Å². The third-order valence-corrected chi connectivity index (χ3v) is 4.36. The summed E-state index contributed by atoms with van der Waals surface area (Å²) in [4.78, 5) is 4.46. The summed E-state index contributed by atoms with van der Waals surface area (Å²) < 4.78 is 0. The van der Waals surface area contributed by atoms with Gasteiger partial charge in [-0.05, 0) is 43.9 Å². The highest BCUT2D eigenvalue weighted by molar-refractivity contribution is 5.22. The van der Waals surface area contributed by atoms with Crippen molar-refractivity contribution < 1.29 is 0 Å². The molecule has 1 heterocycles. The normalized spacial score (nSPS) is 18.4. The molecule has 0 radical (unpaired) electrons. The number of aryl methyl sites for hydroxylation is 1. The quantitative estimate of drug-likeness (QED) is 0.820. The Labute approximate surface area is 118 Å². The highest BCUT2D eigenvalue weighted by atomic mass is 14.9. The van der Waals surface area contributed by atoms with Crippen LogP contribution in [0.3, 0.4) is 0 Å². The highest BCUT2D eigenvalue weighted by Crippen LogP contribution is 2.32. The lowest BCUT2D eigenvalue weighted by atomic mass is 9.83. The SMILES string of the molecule is CCCNC(CC1CCCCC1)c1cccnc1C. The van der Waals surface area contributed by atoms with Crippen molar-refractivity contribution in [2.24, 2.45) is 5.92 Å². The van der Waals surface area contributed by atoms with Crippen LogP contribution in [-0.2, 0) is 0 Å². The monoisotopic (exact) mass is 260 g/mol. The van der Waals surface area contributed by atoms with Gasteiger partial charge in [-0.2, -0.15) is 0 Å². The minimum Gasteiger partial charge on any atom is -0.310 e. The molecule has 106 valence electrons. The van der Waals surface area contributed by atoms with Gasteiger partial charge in [0.2, 0.25) is 0 Å². The van der Waals surface area contributed by atoms with Crippen molar-refractivity contribution >= 4 is 0 Å². The van der Waals surface area contributed by atoms with E-state index in [4.69, 9.17) is 0 Å². The summed E-state index contributed by atoms with van der Waals surface area (Å²) in [5.74, 6) is 0.905. The van der Waals surface area contributed by atoms with E-state index in [-0.39, 0.29) is 0 Å². The molecule has 1 aromatic heterocycles. The molecule has 2 nitrogen and oxygen atoms in total. The molecule has 0 aliphatic heterocycles. The molecule has 0 bridgehead atoms. The first-order valence-corrected chi connectivity index (χ1v) is 7.96. The summed E-state index contributed by atoms with van der Waals surface area (Å²) in [5, 5.41) is 3.73. The summed E-state index contributed by atoms with van der Waals surface area (Å²) in [7, 11) is 0. The van der Waals surface area contributed by atoms with E-state index in [1.807, 2.05) is 6.20 Å². The van der Waals surface area contributed by atoms with Gasteiger partial charge < -0.3 is 5.32 Å². The van der Waals surface area contributed by atoms with Crippen LogP contribution in [0.15, 0.2) is 18.3 Å². The fourth-order valence-electron chi connectivity index (χ4n) is 3.26. The number of nitrogens with zero attached hydrogens (tertiary/aromatic N) is 1. The zero-order chi connectivity index (χ0) is 13.5. The molecule has 1 N–H and O–H groups in total. The summed E-state index contributed by atoms with van der Waals surface area (Å²) in [6.45, 7) is 5.48. The first kappa shape index (κ1) is 14.5. The van der Waals surface area contributed by atoms with Gasteiger partial charge in [-0.1, -0.05) is 45.1 Å². The highest BCUT2D eigenvalue weighted by Gasteiger charge is 2.21. The van der Waals surface area contributed by atoms with Gasteiger partial charge in [0.25, 0.3) is 0 Å². The van der Waals surface area contributed by atoms with Crippen LogP contribution in [0.4, 0.5) is 0 Å². The van der Waals surface area contributed by atoms with Crippen molar-refractivity contribution in [3.63, 3.8) is 0 Å². The number of rotatable bonds is 6. The Morgan fingerprint density at radius 3 is 2.79 bits per heavy atom. The molecule has 0 aromatic carbocycles. The van der Waals surface area contributed by atoms with E-state index in [2.05, 4.69) is 36.3 Å². The van der Waals surface area contributed by atoms with Crippen LogP contribution in [-0.4, -0.2) is 11.5 Å². The Kier molecular flexibility index (Phi) is 5.84. The molecule has 1 fully saturated rings. The van der Waals surface area contributed by atoms with Crippen molar-refractivity contribution in [3.8, 4) is 0 Å². The van der Waals surface area contributed by atoms with Gasteiger partial charge in [0, 0.05) is 17.9 Å². The van der Waals surface area contributed by atoms with Gasteiger partial charge in [-0.3, -0.25) is 4.98 Å². The smallest absolute Gasteiger partial charge is 0.0420 e. The number of hydrogen-bond donors (Lipinski definition) is 1. The van der Waals surface area contributed by atoms with Crippen molar-refractivity contribution in [1.29, 1.82) is 0 Å². The molecular weight excluding hydrogens is 232 g/mol. The predicted octanol–water partition coefficient (Wildman–Crippen LogP) is 4.40. The lowest BCUT2D eigenvalue weighted by Gasteiger charge is -2.28. The maximum Gasteiger partial charge on any atom is 0.0420 e. The average Bonchev–Trinajstić information content (AvgIpc) is 2.45. The van der Waals surface area contributed by atoms with E-state index in [0.717, 1.165) is 12.5 Å². The second-order valence-electron chi connectivity index (χ2n) is 5.92. The molecular formula is C17H28N2. The van der Waals surface area contributed by atoms with Crippen LogP contribution in [0, 0.1) is 12.8 Å². The second-order valence-corrected chi connectivity index (χ2v) is 5.92. The minimum absolute atomic E-state index is 0.497. The molecule has 2 rings (SSSR count). The molecule has 1 saturated carbocycles. The summed E-state index contributed by atoms with van der Waals surface area (Å²) in [6, 6.07) is 4.82. The predicted molar refractivity (Wildman–Crippen MR) is 81.2 cm³/mol. The first-order valence-electron chi connectivity index (χ1n) is 7.96. The fourth-order valence-corrected chi connectivity index (χ4v) is 3.26. The molecule has 1 aromatic rings. The van der Waals surface area contributed by atoms with Crippen molar-refractivity contribution in [3.05, 3.63) is 29.6 Å². The maximum atomic E-state index is 4.46. The minimum atomic E-state index is 0.497. The number of aromatic nitrogens is 1. The molecule has 1 unspecified atom stereocenters. The molecule has 1 aliphatic rings. The zero-order valence-corrected chi connectivity index (χ0v) is 12.5. The molecule has 0 spiro atoms. The van der Waals surface area contributed by atoms with Gasteiger partial charge >= 0.3 is 0 Å². The van der Waals surface area contributed by atoms with Crippen LogP contribution in [0.5, 0.6) is 0 Å². The third kappa shape index (κ3) is 4.31. The number of pyridine rings is 1. The standard InChI is InChI=1S/C17H28N2/c1-3-11-19-17(13-15-8-5-4-6-9-15)16-10-7-12-18-14(16)2/h7,10,12,15,17,19H,3-6,8-9,11,13H2,1-2H3.